The van der Waals surface area contributed by atoms with Crippen LogP contribution in [0.15, 0.2) is 23.2 Å². The van der Waals surface area contributed by atoms with Crippen LogP contribution >= 0.6 is 0 Å². The van der Waals surface area contributed by atoms with Gasteiger partial charge in [-0.15, -0.1) is 0 Å². The van der Waals surface area contributed by atoms with E-state index in [4.69, 9.17) is 0 Å². The van der Waals surface area contributed by atoms with Crippen molar-refractivity contribution in [2.24, 2.45) is 4.99 Å². The molecule has 1 aliphatic rings. The number of aliphatic imine (C=N–C) groups is 1. The van der Waals surface area contributed by atoms with E-state index in [2.05, 4.69) is 9.89 Å². The van der Waals surface area contributed by atoms with Crippen LogP contribution < -0.4 is 4.90 Å². The lowest BCUT2D eigenvalue weighted by molar-refractivity contribution is 0.562. The van der Waals surface area contributed by atoms with Gasteiger partial charge in [-0.2, -0.15) is 0 Å². The summed E-state index contributed by atoms with van der Waals surface area (Å²) in [5.41, 5.74) is 1.75. The van der Waals surface area contributed by atoms with Crippen LogP contribution in [-0.2, 0) is 11.3 Å². The predicted octanol–water partition coefficient (Wildman–Crippen LogP) is 2.65. The van der Waals surface area contributed by atoms with Gasteiger partial charge in [-0.05, 0) is 37.5 Å². The van der Waals surface area contributed by atoms with Gasteiger partial charge in [0.2, 0.25) is 6.08 Å². The van der Waals surface area contributed by atoms with Crippen molar-refractivity contribution in [3.63, 3.8) is 0 Å². The minimum absolute atomic E-state index is 0.201. The fourth-order valence-corrected chi connectivity index (χ4v) is 2.24. The quantitative estimate of drug-likeness (QED) is 0.595. The van der Waals surface area contributed by atoms with Crippen LogP contribution in [0.5, 0.6) is 0 Å². The summed E-state index contributed by atoms with van der Waals surface area (Å²) in [6, 6.07) is 4.68. The Morgan fingerprint density at radius 3 is 2.76 bits per heavy atom. The van der Waals surface area contributed by atoms with E-state index in [0.29, 0.717) is 0 Å². The first-order chi connectivity index (χ1) is 8.31. The molecule has 0 atom stereocenters. The van der Waals surface area contributed by atoms with E-state index in [1.54, 1.807) is 6.07 Å². The monoisotopic (exact) mass is 234 g/mol. The summed E-state index contributed by atoms with van der Waals surface area (Å²) >= 11 is 0. The van der Waals surface area contributed by atoms with Gasteiger partial charge in [-0.25, -0.2) is 14.2 Å². The number of rotatable bonds is 3. The Balaban J connectivity index is 2.27. The van der Waals surface area contributed by atoms with Crippen LogP contribution in [0.25, 0.3) is 0 Å². The van der Waals surface area contributed by atoms with Gasteiger partial charge in [-0.3, -0.25) is 0 Å². The lowest BCUT2D eigenvalue weighted by Crippen LogP contribution is -2.30. The normalized spacial score (nSPS) is 15.5. The molecule has 1 aliphatic heterocycles. The van der Waals surface area contributed by atoms with Gasteiger partial charge >= 0.3 is 0 Å². The number of nitrogens with zero attached hydrogens (tertiary/aromatic N) is 2. The molecule has 0 N–H and O–H groups in total. The van der Waals surface area contributed by atoms with Crippen LogP contribution in [0.2, 0.25) is 0 Å². The third kappa shape index (κ3) is 2.92. The molecule has 1 aromatic carbocycles. The average molecular weight is 234 g/mol. The van der Waals surface area contributed by atoms with E-state index in [0.717, 1.165) is 37.2 Å². The molecule has 0 spiro atoms. The maximum absolute atomic E-state index is 13.2. The van der Waals surface area contributed by atoms with Crippen LogP contribution in [-0.4, -0.2) is 19.2 Å². The minimum atomic E-state index is -0.290. The van der Waals surface area contributed by atoms with Crippen molar-refractivity contribution in [2.45, 2.75) is 25.8 Å². The van der Waals surface area contributed by atoms with E-state index in [-0.39, 0.29) is 12.4 Å². The second-order valence-corrected chi connectivity index (χ2v) is 4.23. The second-order valence-electron chi connectivity index (χ2n) is 4.23. The Morgan fingerprint density at radius 2 is 2.06 bits per heavy atom. The first kappa shape index (κ1) is 11.8. The molecule has 0 aromatic heterocycles. The number of isocyanates is 1. The van der Waals surface area contributed by atoms with Crippen molar-refractivity contribution in [3.05, 3.63) is 29.6 Å². The molecule has 0 bridgehead atoms. The van der Waals surface area contributed by atoms with Crippen molar-refractivity contribution in [2.75, 3.05) is 18.0 Å². The standard InChI is InChI=1S/C13H15FN2O/c14-12-4-5-13(11(8-12)9-15-10-17)16-6-2-1-3-7-16/h4-5,8H,1-3,6-7,9H2. The smallest absolute Gasteiger partial charge is 0.235 e. The summed E-state index contributed by atoms with van der Waals surface area (Å²) in [6.07, 6.45) is 5.07. The number of anilines is 1. The van der Waals surface area contributed by atoms with E-state index < -0.39 is 0 Å². The zero-order chi connectivity index (χ0) is 12.1. The van der Waals surface area contributed by atoms with Crippen molar-refractivity contribution in [3.8, 4) is 0 Å². The largest absolute Gasteiger partial charge is 0.371 e. The summed E-state index contributed by atoms with van der Waals surface area (Å²) in [4.78, 5) is 15.9. The maximum atomic E-state index is 13.2. The van der Waals surface area contributed by atoms with Gasteiger partial charge in [0.1, 0.15) is 5.82 Å². The van der Waals surface area contributed by atoms with Gasteiger partial charge in [0.25, 0.3) is 0 Å². The lowest BCUT2D eigenvalue weighted by atomic mass is 10.1. The molecule has 1 aromatic rings. The average Bonchev–Trinajstić information content (AvgIpc) is 2.37. The molecule has 0 saturated carbocycles. The number of halogens is 1. The Morgan fingerprint density at radius 1 is 1.29 bits per heavy atom. The molecule has 0 aliphatic carbocycles. The molecular weight excluding hydrogens is 219 g/mol. The van der Waals surface area contributed by atoms with Crippen molar-refractivity contribution in [1.82, 2.24) is 0 Å². The van der Waals surface area contributed by atoms with E-state index in [9.17, 15) is 9.18 Å². The first-order valence-corrected chi connectivity index (χ1v) is 5.88. The maximum Gasteiger partial charge on any atom is 0.235 e. The topological polar surface area (TPSA) is 32.7 Å². The van der Waals surface area contributed by atoms with E-state index in [1.807, 2.05) is 0 Å². The zero-order valence-electron chi connectivity index (χ0n) is 9.66. The minimum Gasteiger partial charge on any atom is -0.371 e. The molecule has 1 heterocycles. The Labute approximate surface area is 100.0 Å². The van der Waals surface area contributed by atoms with E-state index >= 15 is 0 Å². The predicted molar refractivity (Wildman–Crippen MR) is 64.3 cm³/mol. The van der Waals surface area contributed by atoms with Crippen LogP contribution in [0.3, 0.4) is 0 Å². The Bertz CT molecular complexity index is 435. The van der Waals surface area contributed by atoms with Crippen LogP contribution in [0.4, 0.5) is 10.1 Å². The number of piperidine rings is 1. The molecular formula is C13H15FN2O. The summed E-state index contributed by atoms with van der Waals surface area (Å²) in [5, 5.41) is 0. The molecule has 90 valence electrons. The fourth-order valence-electron chi connectivity index (χ4n) is 2.24. The van der Waals surface area contributed by atoms with Gasteiger partial charge in [-0.1, -0.05) is 0 Å². The zero-order valence-corrected chi connectivity index (χ0v) is 9.66. The highest BCUT2D eigenvalue weighted by atomic mass is 19.1. The van der Waals surface area contributed by atoms with E-state index in [1.165, 1.54) is 24.6 Å². The molecule has 17 heavy (non-hydrogen) atoms. The van der Waals surface area contributed by atoms with Crippen LogP contribution in [0.1, 0.15) is 24.8 Å². The highest BCUT2D eigenvalue weighted by Crippen LogP contribution is 2.25. The summed E-state index contributed by atoms with van der Waals surface area (Å²) < 4.78 is 13.2. The number of carbonyl (C=O) groups excluding carboxylic acids is 1. The molecule has 0 radical (unpaired) electrons. The van der Waals surface area contributed by atoms with Crippen molar-refractivity contribution in [1.29, 1.82) is 0 Å². The lowest BCUT2D eigenvalue weighted by Gasteiger charge is -2.30. The van der Waals surface area contributed by atoms with Gasteiger partial charge in [0, 0.05) is 24.3 Å². The molecule has 0 amide bonds. The Kier molecular flexibility index (Phi) is 3.89. The molecule has 4 heteroatoms. The summed E-state index contributed by atoms with van der Waals surface area (Å²) in [7, 11) is 0. The number of hydrogen-bond acceptors (Lipinski definition) is 3. The third-order valence-electron chi connectivity index (χ3n) is 3.05. The third-order valence-corrected chi connectivity index (χ3v) is 3.05. The number of benzene rings is 1. The molecule has 1 fully saturated rings. The number of hydrogen-bond donors (Lipinski definition) is 0. The second kappa shape index (κ2) is 5.60. The highest BCUT2D eigenvalue weighted by Gasteiger charge is 2.14. The summed E-state index contributed by atoms with van der Waals surface area (Å²) in [5.74, 6) is -0.290. The molecule has 2 rings (SSSR count). The first-order valence-electron chi connectivity index (χ1n) is 5.88. The molecule has 1 saturated heterocycles. The van der Waals surface area contributed by atoms with Crippen molar-refractivity contribution < 1.29 is 9.18 Å². The highest BCUT2D eigenvalue weighted by molar-refractivity contribution is 5.54. The SMILES string of the molecule is O=C=NCc1cc(F)ccc1N1CCCCC1. The van der Waals surface area contributed by atoms with Gasteiger partial charge < -0.3 is 4.90 Å². The van der Waals surface area contributed by atoms with Gasteiger partial charge in [0.15, 0.2) is 0 Å². The van der Waals surface area contributed by atoms with Crippen LogP contribution in [0, 0.1) is 5.82 Å². The fraction of sp³-hybridized carbons (Fsp3) is 0.462. The van der Waals surface area contributed by atoms with Gasteiger partial charge in [0.05, 0.1) is 6.54 Å². The molecule has 0 unspecified atom stereocenters. The van der Waals surface area contributed by atoms with Crippen molar-refractivity contribution >= 4 is 11.8 Å². The Hall–Kier alpha value is -1.67. The summed E-state index contributed by atoms with van der Waals surface area (Å²) in [6.45, 7) is 2.18. The molecule has 3 nitrogen and oxygen atoms in total.